The van der Waals surface area contributed by atoms with Crippen LogP contribution in [0.15, 0.2) is 30.5 Å². The van der Waals surface area contributed by atoms with E-state index in [1.807, 2.05) is 11.8 Å². The van der Waals surface area contributed by atoms with Crippen LogP contribution in [0.4, 0.5) is 4.39 Å². The number of nitrogens with zero attached hydrogens (tertiary/aromatic N) is 4. The molecule has 0 radical (unpaired) electrons. The molecule has 0 aliphatic carbocycles. The van der Waals surface area contributed by atoms with Gasteiger partial charge in [0.05, 0.1) is 11.3 Å². The van der Waals surface area contributed by atoms with E-state index in [9.17, 15) is 14.0 Å². The zero-order valence-electron chi connectivity index (χ0n) is 18.8. The fraction of sp³-hybridized carbons (Fsp3) is 0.440. The Morgan fingerprint density at radius 3 is 2.61 bits per heavy atom. The summed E-state index contributed by atoms with van der Waals surface area (Å²) in [5.74, 6) is 0.272. The predicted molar refractivity (Wildman–Crippen MR) is 123 cm³/mol. The number of carbonyl (C=O) groups excluding carboxylic acids is 2. The van der Waals surface area contributed by atoms with Crippen LogP contribution in [0.25, 0.3) is 10.9 Å². The molecule has 8 heteroatoms. The highest BCUT2D eigenvalue weighted by atomic mass is 19.1. The number of piperidine rings is 2. The molecule has 4 heterocycles. The van der Waals surface area contributed by atoms with Gasteiger partial charge in [0.15, 0.2) is 0 Å². The van der Waals surface area contributed by atoms with Crippen LogP contribution >= 0.6 is 0 Å². The molecule has 2 fully saturated rings. The van der Waals surface area contributed by atoms with E-state index in [4.69, 9.17) is 0 Å². The molecule has 3 aromatic rings. The van der Waals surface area contributed by atoms with E-state index < -0.39 is 0 Å². The van der Waals surface area contributed by atoms with E-state index >= 15 is 0 Å². The van der Waals surface area contributed by atoms with Crippen molar-refractivity contribution < 1.29 is 14.0 Å². The number of likely N-dealkylation sites (tertiary alicyclic amines) is 2. The Hall–Kier alpha value is -3.29. The molecule has 5 rings (SSSR count). The molecule has 2 aromatic heterocycles. The lowest BCUT2D eigenvalue weighted by molar-refractivity contribution is 0.0699. The van der Waals surface area contributed by atoms with E-state index in [2.05, 4.69) is 15.0 Å². The van der Waals surface area contributed by atoms with Gasteiger partial charge in [0.2, 0.25) is 0 Å². The Kier molecular flexibility index (Phi) is 5.83. The van der Waals surface area contributed by atoms with Gasteiger partial charge in [-0.05, 0) is 63.3 Å². The lowest BCUT2D eigenvalue weighted by atomic mass is 9.96. The Balaban J connectivity index is 1.31. The number of rotatable bonds is 3. The number of carbonyl (C=O) groups is 2. The molecule has 172 valence electrons. The molecular weight excluding hydrogens is 421 g/mol. The summed E-state index contributed by atoms with van der Waals surface area (Å²) >= 11 is 0. The van der Waals surface area contributed by atoms with Crippen LogP contribution in [-0.4, -0.2) is 62.7 Å². The molecule has 2 amide bonds. The van der Waals surface area contributed by atoms with Crippen molar-refractivity contribution in [3.05, 3.63) is 59.1 Å². The smallest absolute Gasteiger partial charge is 0.270 e. The number of aryl methyl sites for hydroxylation is 1. The molecule has 1 aromatic carbocycles. The maximum atomic E-state index is 13.5. The first-order valence-electron chi connectivity index (χ1n) is 11.7. The second kappa shape index (κ2) is 8.92. The second-order valence-corrected chi connectivity index (χ2v) is 9.09. The average molecular weight is 450 g/mol. The summed E-state index contributed by atoms with van der Waals surface area (Å²) in [5, 5.41) is 0.680. The Labute approximate surface area is 192 Å². The average Bonchev–Trinajstić information content (AvgIpc) is 3.27. The summed E-state index contributed by atoms with van der Waals surface area (Å²) in [7, 11) is 0. The number of hydrogen-bond donors (Lipinski definition) is 1. The third kappa shape index (κ3) is 4.34. The van der Waals surface area contributed by atoms with E-state index in [0.717, 1.165) is 44.3 Å². The first kappa shape index (κ1) is 21.6. The molecule has 0 saturated carbocycles. The Bertz CT molecular complexity index is 1200. The quantitative estimate of drug-likeness (QED) is 0.654. The summed E-state index contributed by atoms with van der Waals surface area (Å²) in [5.41, 5.74) is 2.45. The van der Waals surface area contributed by atoms with Gasteiger partial charge in [-0.2, -0.15) is 0 Å². The Morgan fingerprint density at radius 1 is 1.03 bits per heavy atom. The van der Waals surface area contributed by atoms with Crippen molar-refractivity contribution in [1.29, 1.82) is 0 Å². The molecule has 2 aliphatic heterocycles. The fourth-order valence-electron chi connectivity index (χ4n) is 4.92. The number of fused-ring (bicyclic) bond motifs is 1. The van der Waals surface area contributed by atoms with Gasteiger partial charge >= 0.3 is 0 Å². The molecule has 1 atom stereocenters. The molecule has 2 aliphatic rings. The van der Waals surface area contributed by atoms with Gasteiger partial charge in [-0.1, -0.05) is 0 Å². The van der Waals surface area contributed by atoms with Crippen molar-refractivity contribution in [3.63, 3.8) is 0 Å². The van der Waals surface area contributed by atoms with Crippen LogP contribution < -0.4 is 0 Å². The monoisotopic (exact) mass is 449 g/mol. The van der Waals surface area contributed by atoms with Crippen molar-refractivity contribution >= 4 is 22.7 Å². The lowest BCUT2D eigenvalue weighted by Crippen LogP contribution is -2.40. The van der Waals surface area contributed by atoms with Gasteiger partial charge in [-0.25, -0.2) is 14.4 Å². The highest BCUT2D eigenvalue weighted by Crippen LogP contribution is 2.27. The summed E-state index contributed by atoms with van der Waals surface area (Å²) in [6.07, 6.45) is 6.65. The number of aromatic amines is 1. The number of halogens is 1. The standard InChI is InChI=1S/C25H28FN5O2/c1-16-20(24(32)30-9-3-2-4-10-30)14-27-23(28-16)17-6-5-11-31(15-17)25(33)22-13-18-12-19(26)7-8-21(18)29-22/h7-8,12-14,17,29H,2-6,9-11,15H2,1H3. The van der Waals surface area contributed by atoms with Crippen molar-refractivity contribution in [2.45, 2.75) is 44.9 Å². The van der Waals surface area contributed by atoms with E-state index in [1.165, 1.54) is 18.6 Å². The van der Waals surface area contributed by atoms with E-state index in [0.29, 0.717) is 41.3 Å². The minimum atomic E-state index is -0.326. The Morgan fingerprint density at radius 2 is 1.82 bits per heavy atom. The molecule has 0 bridgehead atoms. The summed E-state index contributed by atoms with van der Waals surface area (Å²) < 4.78 is 13.5. The van der Waals surface area contributed by atoms with Crippen LogP contribution in [0.5, 0.6) is 0 Å². The maximum absolute atomic E-state index is 13.5. The number of aromatic nitrogens is 3. The topological polar surface area (TPSA) is 82.2 Å². The molecule has 2 saturated heterocycles. The normalized spacial score (nSPS) is 19.2. The molecule has 0 spiro atoms. The predicted octanol–water partition coefficient (Wildman–Crippen LogP) is 4.05. The zero-order chi connectivity index (χ0) is 22.9. The lowest BCUT2D eigenvalue weighted by Gasteiger charge is -2.32. The van der Waals surface area contributed by atoms with Gasteiger partial charge in [0.25, 0.3) is 11.8 Å². The molecular formula is C25H28FN5O2. The van der Waals surface area contributed by atoms with Crippen LogP contribution in [0, 0.1) is 12.7 Å². The molecule has 1 N–H and O–H groups in total. The van der Waals surface area contributed by atoms with Gasteiger partial charge in [0, 0.05) is 49.2 Å². The van der Waals surface area contributed by atoms with Crippen molar-refractivity contribution in [1.82, 2.24) is 24.8 Å². The van der Waals surface area contributed by atoms with E-state index in [-0.39, 0.29) is 23.5 Å². The summed E-state index contributed by atoms with van der Waals surface area (Å²) in [6.45, 7) is 4.61. The highest BCUT2D eigenvalue weighted by molar-refractivity contribution is 5.98. The van der Waals surface area contributed by atoms with Crippen molar-refractivity contribution in [2.24, 2.45) is 0 Å². The molecule has 7 nitrogen and oxygen atoms in total. The van der Waals surface area contributed by atoms with Crippen LogP contribution in [0.2, 0.25) is 0 Å². The minimum absolute atomic E-state index is 0.00875. The van der Waals surface area contributed by atoms with Gasteiger partial charge < -0.3 is 14.8 Å². The van der Waals surface area contributed by atoms with Gasteiger partial charge in [0.1, 0.15) is 17.3 Å². The number of amides is 2. The third-order valence-electron chi connectivity index (χ3n) is 6.76. The maximum Gasteiger partial charge on any atom is 0.270 e. The zero-order valence-corrected chi connectivity index (χ0v) is 18.8. The van der Waals surface area contributed by atoms with Gasteiger partial charge in [-0.15, -0.1) is 0 Å². The van der Waals surface area contributed by atoms with Crippen LogP contribution in [-0.2, 0) is 0 Å². The largest absolute Gasteiger partial charge is 0.351 e. The third-order valence-corrected chi connectivity index (χ3v) is 6.76. The first-order chi connectivity index (χ1) is 16.0. The minimum Gasteiger partial charge on any atom is -0.351 e. The molecule has 33 heavy (non-hydrogen) atoms. The summed E-state index contributed by atoms with van der Waals surface area (Å²) in [6, 6.07) is 6.14. The van der Waals surface area contributed by atoms with Gasteiger partial charge in [-0.3, -0.25) is 9.59 Å². The van der Waals surface area contributed by atoms with Crippen LogP contribution in [0.1, 0.15) is 70.4 Å². The van der Waals surface area contributed by atoms with Crippen molar-refractivity contribution in [3.8, 4) is 0 Å². The number of nitrogens with one attached hydrogen (secondary N) is 1. The second-order valence-electron chi connectivity index (χ2n) is 9.09. The number of H-pyrrole nitrogens is 1. The van der Waals surface area contributed by atoms with Crippen molar-refractivity contribution in [2.75, 3.05) is 26.2 Å². The van der Waals surface area contributed by atoms with Crippen LogP contribution in [0.3, 0.4) is 0 Å². The first-order valence-corrected chi connectivity index (χ1v) is 11.7. The number of hydrogen-bond acceptors (Lipinski definition) is 4. The van der Waals surface area contributed by atoms with E-state index in [1.54, 1.807) is 23.2 Å². The highest BCUT2D eigenvalue weighted by Gasteiger charge is 2.29. The SMILES string of the molecule is Cc1nc(C2CCCN(C(=O)c3cc4cc(F)ccc4[nH]3)C2)ncc1C(=O)N1CCCCC1. The number of benzene rings is 1. The molecule has 1 unspecified atom stereocenters. The summed E-state index contributed by atoms with van der Waals surface area (Å²) in [4.78, 5) is 42.0. The fourth-order valence-corrected chi connectivity index (χ4v) is 4.92.